The summed E-state index contributed by atoms with van der Waals surface area (Å²) in [6.07, 6.45) is 1.67. The molecule has 0 amide bonds. The molecule has 0 fully saturated rings. The van der Waals surface area contributed by atoms with Crippen LogP contribution in [0.2, 0.25) is 0 Å². The van der Waals surface area contributed by atoms with Gasteiger partial charge < -0.3 is 5.11 Å². The second kappa shape index (κ2) is 6.79. The van der Waals surface area contributed by atoms with Crippen LogP contribution in [-0.4, -0.2) is 42.6 Å². The van der Waals surface area contributed by atoms with Gasteiger partial charge in [0.1, 0.15) is 6.04 Å². The van der Waals surface area contributed by atoms with Crippen molar-refractivity contribution in [3.63, 3.8) is 0 Å². The Morgan fingerprint density at radius 3 is 1.71 bits per heavy atom. The van der Waals surface area contributed by atoms with E-state index in [0.29, 0.717) is 18.2 Å². The van der Waals surface area contributed by atoms with Crippen LogP contribution in [-0.2, 0) is 14.4 Å². The van der Waals surface area contributed by atoms with Gasteiger partial charge in [0.2, 0.25) is 5.60 Å². The average Bonchev–Trinajstić information content (AvgIpc) is 2.54. The molecule has 1 unspecified atom stereocenters. The van der Waals surface area contributed by atoms with Crippen molar-refractivity contribution < 1.29 is 19.5 Å². The molecular formula is C14H13N3O7. The van der Waals surface area contributed by atoms with E-state index in [0.717, 1.165) is 0 Å². The van der Waals surface area contributed by atoms with Crippen LogP contribution in [0.15, 0.2) is 52.3 Å². The van der Waals surface area contributed by atoms with Gasteiger partial charge in [0.25, 0.3) is 0 Å². The van der Waals surface area contributed by atoms with Crippen molar-refractivity contribution >= 4 is 17.3 Å². The molecule has 0 saturated carbocycles. The first-order chi connectivity index (χ1) is 11.1. The lowest BCUT2D eigenvalue weighted by atomic mass is 9.82. The van der Waals surface area contributed by atoms with E-state index in [2.05, 4.69) is 19.7 Å². The Labute approximate surface area is 133 Å². The van der Waals surface area contributed by atoms with Gasteiger partial charge in [-0.2, -0.15) is 0 Å². The van der Waals surface area contributed by atoms with Gasteiger partial charge in [0, 0.05) is 0 Å². The zero-order chi connectivity index (χ0) is 18.7. The van der Waals surface area contributed by atoms with Crippen LogP contribution >= 0.6 is 0 Å². The maximum Gasteiger partial charge on any atom is 0.334 e. The number of aliphatic hydroxyl groups is 1. The number of aromatic amines is 2. The summed E-state index contributed by atoms with van der Waals surface area (Å²) < 4.78 is 0.0359. The highest BCUT2D eigenvalue weighted by molar-refractivity contribution is 6.21. The van der Waals surface area contributed by atoms with E-state index in [9.17, 15) is 33.9 Å². The highest BCUT2D eigenvalue weighted by Gasteiger charge is 2.52. The van der Waals surface area contributed by atoms with Crippen LogP contribution in [0.4, 0.5) is 0 Å². The maximum atomic E-state index is 12.1. The molecule has 10 nitrogen and oxygen atoms in total. The van der Waals surface area contributed by atoms with Crippen LogP contribution in [0, 0.1) is 0 Å². The molecule has 10 heteroatoms. The summed E-state index contributed by atoms with van der Waals surface area (Å²) in [6.45, 7) is 9.33. The molecule has 24 heavy (non-hydrogen) atoms. The zero-order valence-corrected chi connectivity index (χ0v) is 12.3. The van der Waals surface area contributed by atoms with E-state index in [1.807, 2.05) is 0 Å². The first-order valence-electron chi connectivity index (χ1n) is 6.32. The number of ketones is 3. The molecule has 1 atom stereocenters. The number of allylic oxidation sites excluding steroid dienone is 1. The van der Waals surface area contributed by atoms with Gasteiger partial charge in [-0.3, -0.25) is 24.4 Å². The van der Waals surface area contributed by atoms with Crippen molar-refractivity contribution in [3.8, 4) is 0 Å². The number of hydrogen-bond acceptors (Lipinski definition) is 7. The van der Waals surface area contributed by atoms with Gasteiger partial charge in [-0.05, 0) is 18.2 Å². The highest BCUT2D eigenvalue weighted by atomic mass is 16.3. The van der Waals surface area contributed by atoms with E-state index in [-0.39, 0.29) is 4.57 Å². The fourth-order valence-electron chi connectivity index (χ4n) is 2.01. The Balaban J connectivity index is 3.98. The third kappa shape index (κ3) is 2.90. The van der Waals surface area contributed by atoms with Crippen LogP contribution in [0.25, 0.3) is 0 Å². The molecule has 126 valence electrons. The van der Waals surface area contributed by atoms with Crippen molar-refractivity contribution in [3.05, 3.63) is 69.4 Å². The number of nitrogens with zero attached hydrogens (tertiary/aromatic N) is 1. The Morgan fingerprint density at radius 2 is 1.38 bits per heavy atom. The summed E-state index contributed by atoms with van der Waals surface area (Å²) in [5.41, 5.74) is -7.20. The molecule has 0 aliphatic heterocycles. The van der Waals surface area contributed by atoms with Gasteiger partial charge in [0.15, 0.2) is 17.3 Å². The number of nitrogens with one attached hydrogen (secondary N) is 2. The third-order valence-electron chi connectivity index (χ3n) is 3.13. The second-order valence-electron chi connectivity index (χ2n) is 4.47. The van der Waals surface area contributed by atoms with Crippen molar-refractivity contribution in [1.29, 1.82) is 0 Å². The number of H-pyrrole nitrogens is 2. The Bertz CT molecular complexity index is 861. The lowest BCUT2D eigenvalue weighted by Crippen LogP contribution is -2.60. The van der Waals surface area contributed by atoms with E-state index in [1.54, 1.807) is 9.97 Å². The Kier molecular flexibility index (Phi) is 5.28. The molecule has 0 bridgehead atoms. The molecule has 0 saturated heterocycles. The molecule has 3 N–H and O–H groups in total. The van der Waals surface area contributed by atoms with Crippen LogP contribution in [0.1, 0.15) is 6.04 Å². The summed E-state index contributed by atoms with van der Waals surface area (Å²) in [5, 5.41) is 10.6. The summed E-state index contributed by atoms with van der Waals surface area (Å²) in [4.78, 5) is 74.4. The zero-order valence-electron chi connectivity index (χ0n) is 12.3. The van der Waals surface area contributed by atoms with Crippen LogP contribution < -0.4 is 17.1 Å². The van der Waals surface area contributed by atoms with E-state index >= 15 is 0 Å². The minimum absolute atomic E-state index is 0.0359. The molecule has 0 aliphatic carbocycles. The quantitative estimate of drug-likeness (QED) is 0.358. The number of carbonyl (C=O) groups excluding carboxylic acids is 3. The topological polar surface area (TPSA) is 159 Å². The lowest BCUT2D eigenvalue weighted by molar-refractivity contribution is -0.154. The van der Waals surface area contributed by atoms with Crippen LogP contribution in [0.5, 0.6) is 0 Å². The number of rotatable bonds is 8. The molecule has 0 radical (unpaired) electrons. The minimum atomic E-state index is -3.18. The van der Waals surface area contributed by atoms with Gasteiger partial charge in [-0.1, -0.05) is 19.7 Å². The fourth-order valence-corrected chi connectivity index (χ4v) is 2.01. The number of hydrogen-bond donors (Lipinski definition) is 3. The largest absolute Gasteiger partial charge is 0.372 e. The second-order valence-corrected chi connectivity index (χ2v) is 4.47. The molecular weight excluding hydrogens is 322 g/mol. The van der Waals surface area contributed by atoms with Gasteiger partial charge in [-0.15, -0.1) is 0 Å². The predicted molar refractivity (Wildman–Crippen MR) is 81.5 cm³/mol. The SMILES string of the molecule is C=CC(=O)C(n1c(=O)[nH]c(=O)[nH]c1=O)C(O)(C(=O)C=C)C(=O)C=C. The van der Waals surface area contributed by atoms with E-state index in [4.69, 9.17) is 0 Å². The summed E-state index contributed by atoms with van der Waals surface area (Å²) in [5.74, 6) is -3.92. The third-order valence-corrected chi connectivity index (χ3v) is 3.13. The predicted octanol–water partition coefficient (Wildman–Crippen LogP) is -2.24. The summed E-state index contributed by atoms with van der Waals surface area (Å²) >= 11 is 0. The first-order valence-corrected chi connectivity index (χ1v) is 6.32. The molecule has 1 aromatic heterocycles. The molecule has 1 heterocycles. The molecule has 0 aliphatic rings. The van der Waals surface area contributed by atoms with Gasteiger partial charge >= 0.3 is 17.1 Å². The molecule has 0 aromatic carbocycles. The Morgan fingerprint density at radius 1 is 0.958 bits per heavy atom. The lowest BCUT2D eigenvalue weighted by Gasteiger charge is -2.30. The van der Waals surface area contributed by atoms with Gasteiger partial charge in [0.05, 0.1) is 0 Å². The van der Waals surface area contributed by atoms with E-state index < -0.39 is 46.1 Å². The standard InChI is InChI=1S/C14H13N3O7/c1-4-7(18)10(14(24,8(19)5-2)9(20)6-3)17-12(22)15-11(21)16-13(17)23/h4-6,10,24H,1-3H2,(H2,15,16,21,22,23). The molecule has 0 spiro atoms. The van der Waals surface area contributed by atoms with Crippen molar-refractivity contribution in [2.75, 3.05) is 0 Å². The summed E-state index contributed by atoms with van der Waals surface area (Å²) in [7, 11) is 0. The minimum Gasteiger partial charge on any atom is -0.372 e. The van der Waals surface area contributed by atoms with Crippen molar-refractivity contribution in [1.82, 2.24) is 14.5 Å². The fraction of sp³-hybridized carbons (Fsp3) is 0.143. The molecule has 1 aromatic rings. The first kappa shape index (κ1) is 18.6. The normalized spacial score (nSPS) is 12.0. The molecule has 1 rings (SSSR count). The maximum absolute atomic E-state index is 12.1. The Hall–Kier alpha value is -3.40. The van der Waals surface area contributed by atoms with Gasteiger partial charge in [-0.25, -0.2) is 19.0 Å². The van der Waals surface area contributed by atoms with Crippen molar-refractivity contribution in [2.45, 2.75) is 11.6 Å². The highest BCUT2D eigenvalue weighted by Crippen LogP contribution is 2.26. The summed E-state index contributed by atoms with van der Waals surface area (Å²) in [6, 6.07) is -2.32. The monoisotopic (exact) mass is 335 g/mol. The van der Waals surface area contributed by atoms with E-state index in [1.165, 1.54) is 0 Å². The van der Waals surface area contributed by atoms with Crippen LogP contribution in [0.3, 0.4) is 0 Å². The average molecular weight is 335 g/mol. The number of carbonyl (C=O) groups is 3. The smallest absolute Gasteiger partial charge is 0.334 e. The van der Waals surface area contributed by atoms with Crippen molar-refractivity contribution in [2.24, 2.45) is 0 Å². The number of aromatic nitrogens is 3.